The second kappa shape index (κ2) is 8.85. The first-order valence-electron chi connectivity index (χ1n) is 8.78. The molecule has 1 atom stereocenters. The first-order chi connectivity index (χ1) is 13.7. The third-order valence-corrected chi connectivity index (χ3v) is 7.44. The van der Waals surface area contributed by atoms with Gasteiger partial charge in [0.05, 0.1) is 5.92 Å². The van der Waals surface area contributed by atoms with E-state index in [1.165, 1.54) is 16.2 Å². The van der Waals surface area contributed by atoms with Crippen molar-refractivity contribution in [3.63, 3.8) is 0 Å². The standard InChI is InChI=1S/C19H18N4O2S3/c24-16-9-14(11-23(16)10-13-5-2-1-3-6-13)17(25)20-18-21-22-19(28-18)27-12-15-7-4-8-26-15/h1-8,14H,9-12H2,(H,20,21,25). The second-order valence-corrected chi connectivity index (χ2v) is 9.62. The zero-order valence-electron chi connectivity index (χ0n) is 14.9. The molecule has 3 heterocycles. The summed E-state index contributed by atoms with van der Waals surface area (Å²) in [5, 5.41) is 13.5. The Hall–Kier alpha value is -2.23. The number of carbonyl (C=O) groups excluding carboxylic acids is 2. The Morgan fingerprint density at radius 3 is 2.86 bits per heavy atom. The molecule has 0 spiro atoms. The van der Waals surface area contributed by atoms with Gasteiger partial charge in [-0.1, -0.05) is 59.5 Å². The van der Waals surface area contributed by atoms with Crippen molar-refractivity contribution in [3.8, 4) is 0 Å². The topological polar surface area (TPSA) is 75.2 Å². The average Bonchev–Trinajstić information content (AvgIpc) is 3.43. The van der Waals surface area contributed by atoms with E-state index < -0.39 is 0 Å². The SMILES string of the molecule is O=C(Nc1nnc(SCc2cccs2)s1)C1CC(=O)N(Cc2ccccc2)C1. The molecule has 4 rings (SSSR count). The zero-order chi connectivity index (χ0) is 19.3. The van der Waals surface area contributed by atoms with Gasteiger partial charge in [-0.05, 0) is 17.0 Å². The van der Waals surface area contributed by atoms with E-state index in [9.17, 15) is 9.59 Å². The minimum absolute atomic E-state index is 0.00783. The molecule has 1 N–H and O–H groups in total. The molecule has 2 aromatic heterocycles. The van der Waals surface area contributed by atoms with Crippen LogP contribution in [0.2, 0.25) is 0 Å². The quantitative estimate of drug-likeness (QED) is 0.455. The summed E-state index contributed by atoms with van der Waals surface area (Å²) in [7, 11) is 0. The molecule has 1 saturated heterocycles. The smallest absolute Gasteiger partial charge is 0.231 e. The van der Waals surface area contributed by atoms with Crippen molar-refractivity contribution in [2.45, 2.75) is 23.1 Å². The van der Waals surface area contributed by atoms with Crippen LogP contribution in [0.5, 0.6) is 0 Å². The van der Waals surface area contributed by atoms with Gasteiger partial charge in [0.2, 0.25) is 16.9 Å². The number of benzene rings is 1. The first kappa shape index (κ1) is 19.1. The number of thiophene rings is 1. The summed E-state index contributed by atoms with van der Waals surface area (Å²) >= 11 is 4.67. The van der Waals surface area contributed by atoms with Crippen LogP contribution in [0.25, 0.3) is 0 Å². The van der Waals surface area contributed by atoms with Crippen molar-refractivity contribution in [2.24, 2.45) is 5.92 Å². The number of hydrogen-bond donors (Lipinski definition) is 1. The molecule has 1 aliphatic rings. The van der Waals surface area contributed by atoms with Gasteiger partial charge in [-0.3, -0.25) is 9.59 Å². The van der Waals surface area contributed by atoms with E-state index >= 15 is 0 Å². The Balaban J connectivity index is 1.29. The van der Waals surface area contributed by atoms with Gasteiger partial charge in [0.1, 0.15) is 0 Å². The van der Waals surface area contributed by atoms with Crippen LogP contribution in [0.15, 0.2) is 52.2 Å². The fourth-order valence-corrected chi connectivity index (χ4v) is 5.49. The molecule has 0 radical (unpaired) electrons. The van der Waals surface area contributed by atoms with Gasteiger partial charge >= 0.3 is 0 Å². The number of anilines is 1. The summed E-state index contributed by atoms with van der Waals surface area (Å²) in [6.45, 7) is 0.962. The minimum atomic E-state index is -0.359. The van der Waals surface area contributed by atoms with Crippen LogP contribution in [0, 0.1) is 5.92 Å². The summed E-state index contributed by atoms with van der Waals surface area (Å²) in [5.74, 6) is 0.317. The maximum Gasteiger partial charge on any atom is 0.231 e. The number of nitrogens with zero attached hydrogens (tertiary/aromatic N) is 3. The van der Waals surface area contributed by atoms with Crippen LogP contribution >= 0.6 is 34.4 Å². The molecule has 2 amide bonds. The monoisotopic (exact) mass is 430 g/mol. The van der Waals surface area contributed by atoms with Crippen LogP contribution < -0.4 is 5.32 Å². The highest BCUT2D eigenvalue weighted by atomic mass is 32.2. The summed E-state index contributed by atoms with van der Waals surface area (Å²) in [6.07, 6.45) is 0.234. The predicted molar refractivity (Wildman–Crippen MR) is 112 cm³/mol. The summed E-state index contributed by atoms with van der Waals surface area (Å²) in [5.41, 5.74) is 1.06. The lowest BCUT2D eigenvalue weighted by atomic mass is 10.1. The number of thioether (sulfide) groups is 1. The molecule has 1 aromatic carbocycles. The molecular weight excluding hydrogens is 412 g/mol. The lowest BCUT2D eigenvalue weighted by Crippen LogP contribution is -2.28. The fraction of sp³-hybridized carbons (Fsp3) is 0.263. The Bertz CT molecular complexity index is 943. The van der Waals surface area contributed by atoms with Gasteiger partial charge in [-0.25, -0.2) is 0 Å². The zero-order valence-corrected chi connectivity index (χ0v) is 17.4. The molecule has 1 unspecified atom stereocenters. The Kier molecular flexibility index (Phi) is 6.04. The largest absolute Gasteiger partial charge is 0.338 e. The van der Waals surface area contributed by atoms with E-state index in [4.69, 9.17) is 0 Å². The van der Waals surface area contributed by atoms with Crippen molar-refractivity contribution in [1.82, 2.24) is 15.1 Å². The van der Waals surface area contributed by atoms with E-state index in [1.54, 1.807) is 28.0 Å². The molecule has 0 saturated carbocycles. The Morgan fingerprint density at radius 1 is 1.21 bits per heavy atom. The van der Waals surface area contributed by atoms with E-state index in [1.807, 2.05) is 41.8 Å². The normalized spacial score (nSPS) is 16.5. The number of amides is 2. The van der Waals surface area contributed by atoms with Crippen LogP contribution in [-0.4, -0.2) is 33.5 Å². The summed E-state index contributed by atoms with van der Waals surface area (Å²) < 4.78 is 0.817. The van der Waals surface area contributed by atoms with Gasteiger partial charge in [0, 0.05) is 30.1 Å². The van der Waals surface area contributed by atoms with E-state index in [2.05, 4.69) is 21.6 Å². The van der Waals surface area contributed by atoms with Crippen molar-refractivity contribution >= 4 is 51.4 Å². The minimum Gasteiger partial charge on any atom is -0.338 e. The van der Waals surface area contributed by atoms with Crippen molar-refractivity contribution in [2.75, 3.05) is 11.9 Å². The highest BCUT2D eigenvalue weighted by Crippen LogP contribution is 2.30. The molecule has 9 heteroatoms. The number of hydrogen-bond acceptors (Lipinski definition) is 7. The van der Waals surface area contributed by atoms with Crippen LogP contribution in [0.4, 0.5) is 5.13 Å². The third-order valence-electron chi connectivity index (χ3n) is 4.36. The molecule has 1 fully saturated rings. The highest BCUT2D eigenvalue weighted by Gasteiger charge is 2.34. The van der Waals surface area contributed by atoms with Gasteiger partial charge in [0.25, 0.3) is 0 Å². The van der Waals surface area contributed by atoms with Gasteiger partial charge in [-0.2, -0.15) is 0 Å². The molecular formula is C19H18N4O2S3. The average molecular weight is 431 g/mol. The molecule has 144 valence electrons. The number of nitrogens with one attached hydrogen (secondary N) is 1. The lowest BCUT2D eigenvalue weighted by molar-refractivity contribution is -0.128. The third kappa shape index (κ3) is 4.78. The van der Waals surface area contributed by atoms with E-state index in [0.29, 0.717) is 18.2 Å². The number of carbonyl (C=O) groups is 2. The fourth-order valence-electron chi connectivity index (χ4n) is 2.96. The van der Waals surface area contributed by atoms with Crippen molar-refractivity contribution in [1.29, 1.82) is 0 Å². The first-order valence-corrected chi connectivity index (χ1v) is 11.5. The molecule has 3 aromatic rings. The molecule has 6 nitrogen and oxygen atoms in total. The second-order valence-electron chi connectivity index (χ2n) is 6.39. The molecule has 0 bridgehead atoms. The number of likely N-dealkylation sites (tertiary alicyclic amines) is 1. The maximum atomic E-state index is 12.6. The van der Waals surface area contributed by atoms with Crippen LogP contribution in [-0.2, 0) is 21.9 Å². The molecule has 0 aliphatic carbocycles. The molecule has 28 heavy (non-hydrogen) atoms. The van der Waals surface area contributed by atoms with E-state index in [0.717, 1.165) is 15.7 Å². The highest BCUT2D eigenvalue weighted by molar-refractivity contribution is 8.00. The molecule has 1 aliphatic heterocycles. The summed E-state index contributed by atoms with van der Waals surface area (Å²) in [6, 6.07) is 13.9. The number of rotatable bonds is 7. The number of aromatic nitrogens is 2. The Labute approximate surface area is 175 Å². The Morgan fingerprint density at radius 2 is 2.07 bits per heavy atom. The van der Waals surface area contributed by atoms with Gasteiger partial charge in [0.15, 0.2) is 4.34 Å². The van der Waals surface area contributed by atoms with Crippen molar-refractivity contribution < 1.29 is 9.59 Å². The lowest BCUT2D eigenvalue weighted by Gasteiger charge is -2.16. The summed E-state index contributed by atoms with van der Waals surface area (Å²) in [4.78, 5) is 27.8. The van der Waals surface area contributed by atoms with Gasteiger partial charge in [-0.15, -0.1) is 21.5 Å². The maximum absolute atomic E-state index is 12.6. The predicted octanol–water partition coefficient (Wildman–Crippen LogP) is 3.88. The van der Waals surface area contributed by atoms with Gasteiger partial charge < -0.3 is 10.2 Å². The van der Waals surface area contributed by atoms with Crippen molar-refractivity contribution in [3.05, 3.63) is 58.3 Å². The van der Waals surface area contributed by atoms with Crippen LogP contribution in [0.1, 0.15) is 16.9 Å². The van der Waals surface area contributed by atoms with Crippen LogP contribution in [0.3, 0.4) is 0 Å². The van der Waals surface area contributed by atoms with E-state index in [-0.39, 0.29) is 24.2 Å².